The molecule has 0 aliphatic carbocycles. The molecule has 7 heteroatoms. The first kappa shape index (κ1) is 8.75. The van der Waals surface area contributed by atoms with Crippen LogP contribution in [0.25, 0.3) is 0 Å². The van der Waals surface area contributed by atoms with E-state index in [2.05, 4.69) is 8.44 Å². The van der Waals surface area contributed by atoms with E-state index in [4.69, 9.17) is 15.8 Å². The van der Waals surface area contributed by atoms with Crippen LogP contribution in [0.3, 0.4) is 0 Å². The molecule has 0 bridgehead atoms. The number of nitriles is 3. The molecule has 0 atom stereocenters. The van der Waals surface area contributed by atoms with Gasteiger partial charge in [-0.15, -0.1) is 0 Å². The van der Waals surface area contributed by atoms with Gasteiger partial charge in [-0.3, -0.25) is 0 Å². The van der Waals surface area contributed by atoms with Gasteiger partial charge in [0.25, 0.3) is 0 Å². The molecule has 0 aromatic carbocycles. The van der Waals surface area contributed by atoms with Crippen molar-refractivity contribution in [1.82, 2.24) is 0 Å². The third-order valence-electron chi connectivity index (χ3n) is 0.346. The molecule has 0 fully saturated rings. The first-order valence-corrected chi connectivity index (χ1v) is 6.09. The topological polar surface area (TPSA) is 99.1 Å². The van der Waals surface area contributed by atoms with Crippen molar-refractivity contribution in [3.05, 3.63) is 0 Å². The molecule has 0 N–H and O–H groups in total. The Kier molecular flexibility index (Phi) is 5.15. The van der Waals surface area contributed by atoms with Crippen molar-refractivity contribution in [3.8, 4) is 18.8 Å². The van der Waals surface area contributed by atoms with E-state index in [1.54, 1.807) is 0 Å². The van der Waals surface area contributed by atoms with E-state index in [-0.39, 0.29) is 0 Å². The molecule has 0 aromatic rings. The molecular formula is C3BiN3O3. The first-order valence-electron chi connectivity index (χ1n) is 1.83. The van der Waals surface area contributed by atoms with Crippen LogP contribution in [0.5, 0.6) is 0 Å². The Morgan fingerprint density at radius 1 is 0.800 bits per heavy atom. The summed E-state index contributed by atoms with van der Waals surface area (Å²) in [4.78, 5) is 0. The van der Waals surface area contributed by atoms with Gasteiger partial charge in [-0.25, -0.2) is 0 Å². The van der Waals surface area contributed by atoms with E-state index in [0.717, 1.165) is 0 Å². The zero-order chi connectivity index (χ0) is 7.82. The Labute approximate surface area is 66.3 Å². The van der Waals surface area contributed by atoms with Crippen molar-refractivity contribution in [1.29, 1.82) is 15.8 Å². The van der Waals surface area contributed by atoms with Crippen molar-refractivity contribution < 1.29 is 8.44 Å². The van der Waals surface area contributed by atoms with Crippen LogP contribution in [0.1, 0.15) is 0 Å². The average molecular weight is 335 g/mol. The fourth-order valence-electron chi connectivity index (χ4n) is 0.156. The molecule has 0 saturated carbocycles. The van der Waals surface area contributed by atoms with Gasteiger partial charge in [0.05, 0.1) is 0 Å². The van der Waals surface area contributed by atoms with Crippen molar-refractivity contribution in [2.45, 2.75) is 0 Å². The van der Waals surface area contributed by atoms with Crippen molar-refractivity contribution >= 4 is 23.1 Å². The van der Waals surface area contributed by atoms with E-state index in [1.165, 1.54) is 18.8 Å². The predicted octanol–water partition coefficient (Wildman–Crippen LogP) is -0.536. The second-order valence-corrected chi connectivity index (χ2v) is 4.64. The van der Waals surface area contributed by atoms with E-state index in [1.807, 2.05) is 0 Å². The molecule has 0 aliphatic rings. The maximum atomic E-state index is 7.89. The normalized spacial score (nSPS) is 6.60. The van der Waals surface area contributed by atoms with E-state index in [0.29, 0.717) is 0 Å². The van der Waals surface area contributed by atoms with Gasteiger partial charge >= 0.3 is 66.1 Å². The van der Waals surface area contributed by atoms with Crippen LogP contribution in [0, 0.1) is 34.6 Å². The monoisotopic (exact) mass is 335 g/mol. The van der Waals surface area contributed by atoms with Gasteiger partial charge in [0.2, 0.25) is 0 Å². The van der Waals surface area contributed by atoms with E-state index in [9.17, 15) is 0 Å². The van der Waals surface area contributed by atoms with Gasteiger partial charge in [0.1, 0.15) is 0 Å². The summed E-state index contributed by atoms with van der Waals surface area (Å²) in [6.45, 7) is 0. The Balaban J connectivity index is 3.68. The summed E-state index contributed by atoms with van der Waals surface area (Å²) in [5, 5.41) is 23.7. The molecule has 0 saturated heterocycles. The van der Waals surface area contributed by atoms with Gasteiger partial charge in [0.15, 0.2) is 0 Å². The summed E-state index contributed by atoms with van der Waals surface area (Å²) >= 11 is -3.41. The van der Waals surface area contributed by atoms with Crippen molar-refractivity contribution in [2.75, 3.05) is 0 Å². The molecule has 0 aromatic heterocycles. The molecule has 0 spiro atoms. The molecule has 0 amide bonds. The van der Waals surface area contributed by atoms with Crippen molar-refractivity contribution in [3.63, 3.8) is 0 Å². The van der Waals surface area contributed by atoms with Gasteiger partial charge < -0.3 is 0 Å². The predicted molar refractivity (Wildman–Crippen MR) is 25.8 cm³/mol. The summed E-state index contributed by atoms with van der Waals surface area (Å²) in [5.74, 6) is 0. The summed E-state index contributed by atoms with van der Waals surface area (Å²) < 4.78 is 12.4. The third-order valence-corrected chi connectivity index (χ3v) is 3.04. The maximum absolute atomic E-state index is 7.89. The Hall–Kier alpha value is -1.25. The van der Waals surface area contributed by atoms with Crippen LogP contribution in [-0.4, -0.2) is 23.1 Å². The Morgan fingerprint density at radius 2 is 1.10 bits per heavy atom. The first-order chi connectivity index (χ1) is 4.85. The zero-order valence-corrected chi connectivity index (χ0v) is 7.99. The second-order valence-electron chi connectivity index (χ2n) is 0.771. The summed E-state index contributed by atoms with van der Waals surface area (Å²) in [7, 11) is 0. The number of hydrogen-bond donors (Lipinski definition) is 0. The van der Waals surface area contributed by atoms with Crippen LogP contribution in [-0.2, 0) is 8.44 Å². The van der Waals surface area contributed by atoms with Gasteiger partial charge in [-0.05, 0) is 0 Å². The molecule has 0 heterocycles. The fraction of sp³-hybridized carbons (Fsp3) is 0. The number of rotatable bonds is 3. The standard InChI is InChI=1S/3CHNO.Bi/c3*2-1-3;/h3*3H;/q;;;+3/p-3. The zero-order valence-electron chi connectivity index (χ0n) is 4.51. The molecule has 50 valence electrons. The summed E-state index contributed by atoms with van der Waals surface area (Å²) in [5.41, 5.74) is 0. The average Bonchev–Trinajstić information content (AvgIpc) is 1.90. The molecular weight excluding hydrogens is 335 g/mol. The van der Waals surface area contributed by atoms with E-state index >= 15 is 0 Å². The van der Waals surface area contributed by atoms with Crippen molar-refractivity contribution in [2.24, 2.45) is 0 Å². The van der Waals surface area contributed by atoms with Crippen LogP contribution in [0.4, 0.5) is 0 Å². The molecule has 6 nitrogen and oxygen atoms in total. The van der Waals surface area contributed by atoms with E-state index < -0.39 is 23.1 Å². The van der Waals surface area contributed by atoms with Crippen LogP contribution in [0.2, 0.25) is 0 Å². The van der Waals surface area contributed by atoms with Gasteiger partial charge in [-0.2, -0.15) is 0 Å². The van der Waals surface area contributed by atoms with Gasteiger partial charge in [-0.1, -0.05) is 0 Å². The third kappa shape index (κ3) is 3.72. The second kappa shape index (κ2) is 5.88. The van der Waals surface area contributed by atoms with Crippen LogP contribution >= 0.6 is 0 Å². The molecule has 0 radical (unpaired) electrons. The molecule has 0 unspecified atom stereocenters. The quantitative estimate of drug-likeness (QED) is 0.508. The van der Waals surface area contributed by atoms with Crippen LogP contribution < -0.4 is 0 Å². The minimum absolute atomic E-state index is 1.28. The SMILES string of the molecule is N#C[O][Bi]([O]C#N)[O]C#N. The molecule has 0 aliphatic heterocycles. The molecule has 10 heavy (non-hydrogen) atoms. The van der Waals surface area contributed by atoms with Crippen LogP contribution in [0.15, 0.2) is 0 Å². The summed E-state index contributed by atoms with van der Waals surface area (Å²) in [6, 6.07) is 0. The van der Waals surface area contributed by atoms with Gasteiger partial charge in [0, 0.05) is 0 Å². The number of hydrogen-bond acceptors (Lipinski definition) is 6. The Bertz CT molecular complexity index is 172. The molecule has 0 rings (SSSR count). The number of nitrogens with zero attached hydrogens (tertiary/aromatic N) is 3. The summed E-state index contributed by atoms with van der Waals surface area (Å²) in [6.07, 6.45) is 3.83. The fourth-order valence-corrected chi connectivity index (χ4v) is 1.37. The minimum atomic E-state index is -3.41. The Morgan fingerprint density at radius 3 is 1.30 bits per heavy atom.